The average molecular weight is 334 g/mol. The maximum atomic E-state index is 12.4. The summed E-state index contributed by atoms with van der Waals surface area (Å²) >= 11 is 0. The summed E-state index contributed by atoms with van der Waals surface area (Å²) in [5.41, 5.74) is 2.58. The summed E-state index contributed by atoms with van der Waals surface area (Å²) in [5.74, 6) is -0.0977. The minimum Gasteiger partial charge on any atom is -0.350 e. The molecular weight excluding hydrogens is 316 g/mol. The van der Waals surface area contributed by atoms with Gasteiger partial charge in [-0.15, -0.1) is 0 Å². The molecule has 1 saturated heterocycles. The Labute approximate surface area is 135 Å². The molecule has 0 aliphatic carbocycles. The summed E-state index contributed by atoms with van der Waals surface area (Å²) in [6.07, 6.45) is 0.462. The minimum atomic E-state index is -3.04. The topological polar surface area (TPSA) is 80.5 Å². The molecule has 0 radical (unpaired) electrons. The molecule has 3 rings (SSSR count). The Kier molecular flexibility index (Phi) is 3.97. The number of carbonyl (C=O) groups excluding carboxylic acids is 1. The lowest BCUT2D eigenvalue weighted by Crippen LogP contribution is -2.37. The fourth-order valence-corrected chi connectivity index (χ4v) is 4.43. The van der Waals surface area contributed by atoms with Crippen molar-refractivity contribution in [3.05, 3.63) is 41.7 Å². The molecule has 0 N–H and O–H groups in total. The third-order valence-electron chi connectivity index (χ3n) is 4.14. The molecule has 1 atom stereocenters. The number of amides is 1. The molecule has 1 aromatic carbocycles. The van der Waals surface area contributed by atoms with Crippen molar-refractivity contribution in [2.24, 2.45) is 0 Å². The Balaban J connectivity index is 1.77. The van der Waals surface area contributed by atoms with E-state index in [9.17, 15) is 13.2 Å². The van der Waals surface area contributed by atoms with Gasteiger partial charge in [0, 0.05) is 24.7 Å². The van der Waals surface area contributed by atoms with E-state index in [4.69, 9.17) is 4.52 Å². The largest absolute Gasteiger partial charge is 0.350 e. The zero-order valence-electron chi connectivity index (χ0n) is 13.0. The Morgan fingerprint density at radius 3 is 2.61 bits per heavy atom. The van der Waals surface area contributed by atoms with Crippen molar-refractivity contribution in [3.63, 3.8) is 0 Å². The smallest absolute Gasteiger partial charge is 0.292 e. The van der Waals surface area contributed by atoms with Crippen molar-refractivity contribution in [2.45, 2.75) is 19.4 Å². The van der Waals surface area contributed by atoms with Crippen LogP contribution in [0.3, 0.4) is 0 Å². The molecule has 1 unspecified atom stereocenters. The van der Waals surface area contributed by atoms with Crippen LogP contribution in [0.2, 0.25) is 0 Å². The first kappa shape index (κ1) is 15.7. The van der Waals surface area contributed by atoms with Crippen LogP contribution in [0.5, 0.6) is 0 Å². The third kappa shape index (κ3) is 3.29. The van der Waals surface area contributed by atoms with Gasteiger partial charge in [-0.3, -0.25) is 4.79 Å². The molecule has 2 aromatic rings. The van der Waals surface area contributed by atoms with Crippen LogP contribution >= 0.6 is 0 Å². The molecular formula is C16H18N2O4S. The van der Waals surface area contributed by atoms with Crippen LogP contribution in [0.15, 0.2) is 34.9 Å². The van der Waals surface area contributed by atoms with Crippen LogP contribution in [0.1, 0.15) is 22.5 Å². The summed E-state index contributed by atoms with van der Waals surface area (Å²) in [4.78, 5) is 13.9. The predicted octanol–water partition coefficient (Wildman–Crippen LogP) is 1.91. The number of benzene rings is 1. The average Bonchev–Trinajstić information content (AvgIpc) is 3.13. The molecule has 23 heavy (non-hydrogen) atoms. The van der Waals surface area contributed by atoms with Crippen molar-refractivity contribution in [1.82, 2.24) is 10.1 Å². The third-order valence-corrected chi connectivity index (χ3v) is 5.90. The highest BCUT2D eigenvalue weighted by atomic mass is 32.2. The van der Waals surface area contributed by atoms with Gasteiger partial charge in [0.2, 0.25) is 5.76 Å². The quantitative estimate of drug-likeness (QED) is 0.856. The zero-order chi connectivity index (χ0) is 16.6. The van der Waals surface area contributed by atoms with Crippen molar-refractivity contribution >= 4 is 15.7 Å². The van der Waals surface area contributed by atoms with Gasteiger partial charge in [0.15, 0.2) is 9.84 Å². The number of rotatable bonds is 3. The lowest BCUT2D eigenvalue weighted by atomic mass is 10.1. The summed E-state index contributed by atoms with van der Waals surface area (Å²) < 4.78 is 28.2. The van der Waals surface area contributed by atoms with Crippen molar-refractivity contribution in [1.29, 1.82) is 0 Å². The molecule has 122 valence electrons. The highest BCUT2D eigenvalue weighted by Gasteiger charge is 2.34. The number of hydrogen-bond acceptors (Lipinski definition) is 5. The molecule has 0 bridgehead atoms. The molecule has 0 spiro atoms. The van der Waals surface area contributed by atoms with Gasteiger partial charge in [-0.25, -0.2) is 8.42 Å². The molecule has 1 aliphatic rings. The first-order chi connectivity index (χ1) is 10.9. The fourth-order valence-electron chi connectivity index (χ4n) is 2.66. The second-order valence-electron chi connectivity index (χ2n) is 5.92. The van der Waals surface area contributed by atoms with E-state index in [1.807, 2.05) is 31.2 Å². The number of aromatic nitrogens is 1. The van der Waals surface area contributed by atoms with Crippen molar-refractivity contribution < 1.29 is 17.7 Å². The van der Waals surface area contributed by atoms with Crippen molar-refractivity contribution in [3.8, 4) is 11.3 Å². The van der Waals surface area contributed by atoms with Gasteiger partial charge in [-0.2, -0.15) is 0 Å². The molecule has 2 heterocycles. The zero-order valence-corrected chi connectivity index (χ0v) is 13.8. The monoisotopic (exact) mass is 334 g/mol. The number of hydrogen-bond donors (Lipinski definition) is 0. The Morgan fingerprint density at radius 2 is 2.00 bits per heavy atom. The predicted molar refractivity (Wildman–Crippen MR) is 85.8 cm³/mol. The van der Waals surface area contributed by atoms with E-state index < -0.39 is 9.84 Å². The first-order valence-corrected chi connectivity index (χ1v) is 9.19. The van der Waals surface area contributed by atoms with E-state index in [1.54, 1.807) is 13.1 Å². The van der Waals surface area contributed by atoms with E-state index in [0.29, 0.717) is 12.1 Å². The van der Waals surface area contributed by atoms with E-state index >= 15 is 0 Å². The molecule has 1 amide bonds. The fraction of sp³-hybridized carbons (Fsp3) is 0.375. The minimum absolute atomic E-state index is 0.00813. The maximum absolute atomic E-state index is 12.4. The Morgan fingerprint density at radius 1 is 1.30 bits per heavy atom. The number of nitrogens with zero attached hydrogens (tertiary/aromatic N) is 2. The number of sulfone groups is 1. The Hall–Kier alpha value is -2.15. The van der Waals surface area contributed by atoms with Gasteiger partial charge in [0.25, 0.3) is 5.91 Å². The molecule has 7 heteroatoms. The van der Waals surface area contributed by atoms with Crippen LogP contribution in [-0.2, 0) is 9.84 Å². The summed E-state index contributed by atoms with van der Waals surface area (Å²) in [6.45, 7) is 1.99. The molecule has 1 aromatic heterocycles. The summed E-state index contributed by atoms with van der Waals surface area (Å²) in [5, 5.41) is 3.93. The van der Waals surface area contributed by atoms with Crippen LogP contribution in [-0.4, -0.2) is 49.0 Å². The number of carbonyl (C=O) groups is 1. The van der Waals surface area contributed by atoms with Crippen LogP contribution in [0, 0.1) is 6.92 Å². The standard InChI is InChI=1S/C16H18N2O4S/c1-11-3-5-12(6-4-11)14-9-15(22-17-14)16(19)18(2)13-7-8-23(20,21)10-13/h3-6,9,13H,7-8,10H2,1-2H3. The van der Waals surface area contributed by atoms with Gasteiger partial charge >= 0.3 is 0 Å². The highest BCUT2D eigenvalue weighted by Crippen LogP contribution is 2.22. The van der Waals surface area contributed by atoms with E-state index in [-0.39, 0.29) is 29.2 Å². The SMILES string of the molecule is Cc1ccc(-c2cc(C(=O)N(C)C3CCS(=O)(=O)C3)on2)cc1. The van der Waals surface area contributed by atoms with Crippen LogP contribution in [0.4, 0.5) is 0 Å². The van der Waals surface area contributed by atoms with Crippen LogP contribution in [0.25, 0.3) is 11.3 Å². The van der Waals surface area contributed by atoms with Gasteiger partial charge in [-0.1, -0.05) is 35.0 Å². The van der Waals surface area contributed by atoms with Gasteiger partial charge in [0.05, 0.1) is 11.5 Å². The van der Waals surface area contributed by atoms with E-state index in [2.05, 4.69) is 5.16 Å². The summed E-state index contributed by atoms with van der Waals surface area (Å²) in [7, 11) is -1.44. The molecule has 6 nitrogen and oxygen atoms in total. The highest BCUT2D eigenvalue weighted by molar-refractivity contribution is 7.91. The van der Waals surface area contributed by atoms with E-state index in [1.165, 1.54) is 4.90 Å². The normalized spacial score (nSPS) is 19.7. The second-order valence-corrected chi connectivity index (χ2v) is 8.14. The van der Waals surface area contributed by atoms with Gasteiger partial charge in [0.1, 0.15) is 5.69 Å². The maximum Gasteiger partial charge on any atom is 0.292 e. The summed E-state index contributed by atoms with van der Waals surface area (Å²) in [6, 6.07) is 9.03. The molecule has 1 aliphatic heterocycles. The second kappa shape index (κ2) is 5.81. The lowest BCUT2D eigenvalue weighted by molar-refractivity contribution is 0.0705. The van der Waals surface area contributed by atoms with Gasteiger partial charge < -0.3 is 9.42 Å². The Bertz CT molecular complexity index is 824. The first-order valence-electron chi connectivity index (χ1n) is 7.37. The lowest BCUT2D eigenvalue weighted by Gasteiger charge is -2.21. The van der Waals surface area contributed by atoms with Crippen molar-refractivity contribution in [2.75, 3.05) is 18.6 Å². The molecule has 1 fully saturated rings. The van der Waals surface area contributed by atoms with E-state index in [0.717, 1.165) is 11.1 Å². The van der Waals surface area contributed by atoms with Crippen LogP contribution < -0.4 is 0 Å². The molecule has 0 saturated carbocycles. The number of aryl methyl sites for hydroxylation is 1. The van der Waals surface area contributed by atoms with Gasteiger partial charge in [-0.05, 0) is 13.3 Å².